The number of nitrogens with zero attached hydrogens (tertiary/aromatic N) is 3. The van der Waals surface area contributed by atoms with E-state index in [2.05, 4.69) is 58.8 Å². The molecule has 0 spiro atoms. The lowest BCUT2D eigenvalue weighted by molar-refractivity contribution is -0.136. The maximum atomic E-state index is 13.4. The van der Waals surface area contributed by atoms with E-state index in [0.717, 1.165) is 49.4 Å². The number of rotatable bonds is 17. The third-order valence-electron chi connectivity index (χ3n) is 9.25. The molecule has 8 nitrogen and oxygen atoms in total. The van der Waals surface area contributed by atoms with Gasteiger partial charge in [-0.3, -0.25) is 19.5 Å². The predicted octanol–water partition coefficient (Wildman–Crippen LogP) is 5.68. The highest BCUT2D eigenvalue weighted by molar-refractivity contribution is 5.84. The molecule has 1 aromatic heterocycles. The van der Waals surface area contributed by atoms with Crippen LogP contribution in [0.2, 0.25) is 0 Å². The van der Waals surface area contributed by atoms with E-state index in [4.69, 9.17) is 4.74 Å². The summed E-state index contributed by atoms with van der Waals surface area (Å²) in [4.78, 5) is 34.6. The molecule has 0 aliphatic carbocycles. The average molecular weight is 651 g/mol. The van der Waals surface area contributed by atoms with Crippen LogP contribution in [0, 0.1) is 5.92 Å². The van der Waals surface area contributed by atoms with Crippen molar-refractivity contribution < 1.29 is 19.4 Å². The summed E-state index contributed by atoms with van der Waals surface area (Å²) in [6, 6.07) is 30.7. The molecule has 2 heterocycles. The van der Waals surface area contributed by atoms with Gasteiger partial charge in [0.25, 0.3) is 0 Å². The number of pyridine rings is 1. The van der Waals surface area contributed by atoms with Crippen molar-refractivity contribution in [2.24, 2.45) is 5.92 Å². The van der Waals surface area contributed by atoms with Gasteiger partial charge in [-0.25, -0.2) is 0 Å². The van der Waals surface area contributed by atoms with Crippen molar-refractivity contribution >= 4 is 22.7 Å². The number of ether oxygens (including phenoxy) is 1. The molecular formula is C40H50N4O4. The molecule has 0 radical (unpaired) electrons. The largest absolute Gasteiger partial charge is 0.490 e. The van der Waals surface area contributed by atoms with E-state index in [1.165, 1.54) is 11.1 Å². The summed E-state index contributed by atoms with van der Waals surface area (Å²) in [5, 5.41) is 14.9. The van der Waals surface area contributed by atoms with Crippen LogP contribution in [0.5, 0.6) is 5.75 Å². The van der Waals surface area contributed by atoms with Crippen molar-refractivity contribution in [1.82, 2.24) is 20.1 Å². The molecule has 5 rings (SSSR count). The molecule has 4 aromatic rings. The van der Waals surface area contributed by atoms with Crippen molar-refractivity contribution in [2.45, 2.75) is 63.5 Å². The van der Waals surface area contributed by atoms with E-state index in [1.807, 2.05) is 59.3 Å². The maximum absolute atomic E-state index is 13.4. The molecule has 2 N–H and O–H groups in total. The number of aryl methyl sites for hydroxylation is 2. The second-order valence-corrected chi connectivity index (χ2v) is 13.1. The molecule has 0 saturated carbocycles. The Hall–Kier alpha value is -4.27. The molecule has 254 valence electrons. The number of aliphatic hydroxyl groups is 1. The van der Waals surface area contributed by atoms with Gasteiger partial charge in [0, 0.05) is 43.2 Å². The Morgan fingerprint density at radius 2 is 1.54 bits per heavy atom. The topological polar surface area (TPSA) is 95.0 Å². The van der Waals surface area contributed by atoms with Crippen LogP contribution >= 0.6 is 0 Å². The molecule has 2 amide bonds. The van der Waals surface area contributed by atoms with Gasteiger partial charge in [0.05, 0.1) is 12.1 Å². The number of nitrogens with one attached hydrogen (secondary N) is 1. The van der Waals surface area contributed by atoms with Crippen LogP contribution in [-0.4, -0.2) is 83.7 Å². The number of hydrogen-bond donors (Lipinski definition) is 2. The van der Waals surface area contributed by atoms with Gasteiger partial charge in [-0.05, 0) is 93.8 Å². The van der Waals surface area contributed by atoms with Crippen molar-refractivity contribution in [3.8, 4) is 5.75 Å². The number of benzene rings is 3. The molecule has 0 bridgehead atoms. The maximum Gasteiger partial charge on any atom is 0.236 e. The number of likely N-dealkylation sites (tertiary alicyclic amines) is 1. The fourth-order valence-electron chi connectivity index (χ4n) is 6.59. The third kappa shape index (κ3) is 10.9. The van der Waals surface area contributed by atoms with Crippen molar-refractivity contribution in [2.75, 3.05) is 39.8 Å². The summed E-state index contributed by atoms with van der Waals surface area (Å²) in [7, 11) is 1.83. The normalized spacial score (nSPS) is 14.4. The Labute approximate surface area is 285 Å². The van der Waals surface area contributed by atoms with Crippen LogP contribution < -0.4 is 10.1 Å². The Bertz CT molecular complexity index is 1510. The van der Waals surface area contributed by atoms with Gasteiger partial charge in [0.15, 0.2) is 0 Å². The first-order chi connectivity index (χ1) is 23.4. The van der Waals surface area contributed by atoms with Gasteiger partial charge in [-0.1, -0.05) is 66.7 Å². The van der Waals surface area contributed by atoms with Gasteiger partial charge in [-0.2, -0.15) is 0 Å². The fraction of sp³-hybridized carbons (Fsp3) is 0.425. The SMILES string of the molecule is CN(CC(=O)N1CCC(C(=O)NC(CCCc2ccccc2)CCCc2ccccc2)CC1)CC(O)COc1cccc2ncccc12. The van der Waals surface area contributed by atoms with E-state index in [1.54, 1.807) is 6.20 Å². The van der Waals surface area contributed by atoms with Crippen LogP contribution in [0.4, 0.5) is 0 Å². The Kier molecular flexibility index (Phi) is 13.4. The summed E-state index contributed by atoms with van der Waals surface area (Å²) in [6.45, 7) is 1.77. The van der Waals surface area contributed by atoms with Gasteiger partial charge in [0.1, 0.15) is 18.5 Å². The molecule has 3 aromatic carbocycles. The number of hydrogen-bond acceptors (Lipinski definition) is 6. The van der Waals surface area contributed by atoms with Gasteiger partial charge >= 0.3 is 0 Å². The van der Waals surface area contributed by atoms with Crippen LogP contribution in [0.3, 0.4) is 0 Å². The van der Waals surface area contributed by atoms with E-state index in [9.17, 15) is 14.7 Å². The highest BCUT2D eigenvalue weighted by Gasteiger charge is 2.29. The minimum atomic E-state index is -0.752. The van der Waals surface area contributed by atoms with E-state index in [0.29, 0.717) is 38.2 Å². The smallest absolute Gasteiger partial charge is 0.236 e. The third-order valence-corrected chi connectivity index (χ3v) is 9.25. The first-order valence-corrected chi connectivity index (χ1v) is 17.4. The first-order valence-electron chi connectivity index (χ1n) is 17.4. The van der Waals surface area contributed by atoms with Gasteiger partial charge in [-0.15, -0.1) is 0 Å². The average Bonchev–Trinajstić information content (AvgIpc) is 3.11. The molecule has 48 heavy (non-hydrogen) atoms. The summed E-state index contributed by atoms with van der Waals surface area (Å²) >= 11 is 0. The summed E-state index contributed by atoms with van der Waals surface area (Å²) < 4.78 is 5.90. The van der Waals surface area contributed by atoms with Gasteiger partial charge in [0.2, 0.25) is 11.8 Å². The molecular weight excluding hydrogens is 600 g/mol. The Morgan fingerprint density at radius 1 is 0.896 bits per heavy atom. The number of carbonyl (C=O) groups is 2. The van der Waals surface area contributed by atoms with E-state index >= 15 is 0 Å². The zero-order chi connectivity index (χ0) is 33.6. The lowest BCUT2D eigenvalue weighted by Gasteiger charge is -2.33. The molecule has 1 unspecified atom stereocenters. The van der Waals surface area contributed by atoms with Gasteiger partial charge < -0.3 is 20.1 Å². The van der Waals surface area contributed by atoms with E-state index < -0.39 is 6.10 Å². The summed E-state index contributed by atoms with van der Waals surface area (Å²) in [5.41, 5.74) is 3.50. The lowest BCUT2D eigenvalue weighted by Crippen LogP contribution is -2.48. The lowest BCUT2D eigenvalue weighted by atomic mass is 9.94. The second-order valence-electron chi connectivity index (χ2n) is 13.1. The van der Waals surface area contributed by atoms with Crippen molar-refractivity contribution in [1.29, 1.82) is 0 Å². The molecule has 1 atom stereocenters. The number of amides is 2. The number of aliphatic hydroxyl groups excluding tert-OH is 1. The van der Waals surface area contributed by atoms with Crippen LogP contribution in [0.25, 0.3) is 10.9 Å². The predicted molar refractivity (Wildman–Crippen MR) is 191 cm³/mol. The quantitative estimate of drug-likeness (QED) is 0.153. The van der Waals surface area contributed by atoms with Crippen molar-refractivity contribution in [3.05, 3.63) is 108 Å². The zero-order valence-electron chi connectivity index (χ0n) is 28.2. The fourth-order valence-corrected chi connectivity index (χ4v) is 6.59. The molecule has 1 saturated heterocycles. The number of fused-ring (bicyclic) bond motifs is 1. The number of piperidine rings is 1. The van der Waals surface area contributed by atoms with E-state index in [-0.39, 0.29) is 36.9 Å². The molecule has 1 aliphatic heterocycles. The number of carbonyl (C=O) groups excluding carboxylic acids is 2. The van der Waals surface area contributed by atoms with Crippen LogP contribution in [-0.2, 0) is 22.4 Å². The molecule has 1 aliphatic rings. The van der Waals surface area contributed by atoms with Crippen LogP contribution in [0.15, 0.2) is 97.2 Å². The standard InChI is InChI=1S/C40H50N4O4/c1-43(28-35(45)30-48-38-22-10-21-37-36(38)20-11-25-41-37)29-39(46)44-26-23-33(24-27-44)40(47)42-34(18-8-16-31-12-4-2-5-13-31)19-9-17-32-14-6-3-7-15-32/h2-7,10-15,20-22,25,33-35,45H,8-9,16-19,23-24,26-30H2,1H3,(H,42,47). The Morgan fingerprint density at radius 3 is 2.19 bits per heavy atom. The minimum Gasteiger partial charge on any atom is -0.490 e. The Balaban J connectivity index is 1.03. The second kappa shape index (κ2) is 18.3. The minimum absolute atomic E-state index is 0.0179. The number of likely N-dealkylation sites (N-methyl/N-ethyl adjacent to an activating group) is 1. The molecule has 8 heteroatoms. The zero-order valence-corrected chi connectivity index (χ0v) is 28.2. The first kappa shape index (κ1) is 35.0. The summed E-state index contributed by atoms with van der Waals surface area (Å²) in [6.07, 6.45) is 8.30. The summed E-state index contributed by atoms with van der Waals surface area (Å²) in [5.74, 6) is 0.731. The monoisotopic (exact) mass is 650 g/mol. The molecule has 1 fully saturated rings. The highest BCUT2D eigenvalue weighted by atomic mass is 16.5. The van der Waals surface area contributed by atoms with Crippen molar-refractivity contribution in [3.63, 3.8) is 0 Å². The van der Waals surface area contributed by atoms with Crippen LogP contribution in [0.1, 0.15) is 49.7 Å². The number of aromatic nitrogens is 1. The highest BCUT2D eigenvalue weighted by Crippen LogP contribution is 2.24.